The molecule has 1 N–H and O–H groups in total. The summed E-state index contributed by atoms with van der Waals surface area (Å²) in [6, 6.07) is 7.32. The summed E-state index contributed by atoms with van der Waals surface area (Å²) >= 11 is 0. The van der Waals surface area contributed by atoms with Gasteiger partial charge in [0.1, 0.15) is 0 Å². The number of amides is 1. The van der Waals surface area contributed by atoms with Gasteiger partial charge in [-0.1, -0.05) is 24.3 Å². The van der Waals surface area contributed by atoms with Crippen molar-refractivity contribution in [2.24, 2.45) is 5.10 Å². The van der Waals surface area contributed by atoms with Gasteiger partial charge < -0.3 is 10.3 Å². The molecule has 1 aromatic carbocycles. The molecule has 106 valence electrons. The third-order valence-electron chi connectivity index (χ3n) is 3.14. The van der Waals surface area contributed by atoms with Gasteiger partial charge in [-0.05, 0) is 12.5 Å². The van der Waals surface area contributed by atoms with Gasteiger partial charge in [0.2, 0.25) is 0 Å². The molecule has 0 heterocycles. The van der Waals surface area contributed by atoms with Crippen molar-refractivity contribution in [3.05, 3.63) is 41.1 Å². The van der Waals surface area contributed by atoms with E-state index < -0.39 is 0 Å². The minimum atomic E-state index is -0.250. The first-order valence-corrected chi connectivity index (χ1v) is 6.16. The first kappa shape index (κ1) is 15.6. The number of allylic oxidation sites excluding steroid dienone is 1. The van der Waals surface area contributed by atoms with Gasteiger partial charge in [0.15, 0.2) is 0 Å². The summed E-state index contributed by atoms with van der Waals surface area (Å²) in [7, 11) is 5.30. The minimum Gasteiger partial charge on any atom is -0.381 e. The van der Waals surface area contributed by atoms with Gasteiger partial charge >= 0.3 is 0 Å². The number of hydrazone groups is 1. The largest absolute Gasteiger partial charge is 0.381 e. The van der Waals surface area contributed by atoms with Crippen LogP contribution in [0.25, 0.3) is 5.57 Å². The second-order valence-electron chi connectivity index (χ2n) is 4.56. The molecule has 0 unspecified atom stereocenters. The minimum absolute atomic E-state index is 0.250. The van der Waals surface area contributed by atoms with E-state index in [-0.39, 0.29) is 5.91 Å². The number of carbonyl (C=O) groups is 1. The van der Waals surface area contributed by atoms with Gasteiger partial charge in [0.25, 0.3) is 5.91 Å². The second kappa shape index (κ2) is 6.65. The first-order valence-electron chi connectivity index (χ1n) is 6.16. The van der Waals surface area contributed by atoms with Crippen LogP contribution in [0, 0.1) is 5.41 Å². The Morgan fingerprint density at radius 2 is 1.90 bits per heavy atom. The highest BCUT2D eigenvalue weighted by Crippen LogP contribution is 2.24. The molecule has 1 rings (SSSR count). The van der Waals surface area contributed by atoms with Crippen LogP contribution in [0.1, 0.15) is 18.1 Å². The average molecular weight is 272 g/mol. The zero-order valence-corrected chi connectivity index (χ0v) is 12.3. The summed E-state index contributed by atoms with van der Waals surface area (Å²) in [5.41, 5.74) is 2.73. The van der Waals surface area contributed by atoms with Crippen molar-refractivity contribution in [1.29, 1.82) is 5.41 Å². The Morgan fingerprint density at radius 1 is 1.30 bits per heavy atom. The number of hydrogen-bond acceptors (Lipinski definition) is 4. The predicted molar refractivity (Wildman–Crippen MR) is 82.9 cm³/mol. The van der Waals surface area contributed by atoms with Crippen LogP contribution in [0.15, 0.2) is 35.1 Å². The molecule has 5 heteroatoms. The van der Waals surface area contributed by atoms with E-state index in [0.29, 0.717) is 16.7 Å². The van der Waals surface area contributed by atoms with Gasteiger partial charge in [0, 0.05) is 45.3 Å². The highest BCUT2D eigenvalue weighted by Gasteiger charge is 2.21. The third-order valence-corrected chi connectivity index (χ3v) is 3.14. The van der Waals surface area contributed by atoms with Gasteiger partial charge in [-0.15, -0.1) is 0 Å². The Morgan fingerprint density at radius 3 is 2.40 bits per heavy atom. The summed E-state index contributed by atoms with van der Waals surface area (Å²) in [5.74, 6) is -0.250. The number of likely N-dealkylation sites (N-methyl/N-ethyl adjacent to an activating group) is 1. The Bertz CT molecular complexity index is 561. The first-order chi connectivity index (χ1) is 9.43. The maximum Gasteiger partial charge on any atom is 0.276 e. The summed E-state index contributed by atoms with van der Waals surface area (Å²) < 4.78 is 0. The fourth-order valence-corrected chi connectivity index (χ4v) is 1.77. The van der Waals surface area contributed by atoms with Crippen molar-refractivity contribution < 1.29 is 4.79 Å². The Balaban J connectivity index is 3.55. The highest BCUT2D eigenvalue weighted by atomic mass is 16.2. The molecule has 0 bridgehead atoms. The average Bonchev–Trinajstić information content (AvgIpc) is 2.46. The SMILES string of the molecule is C=NN(C)C(=O)/C(=C(\C)N(C)C)c1ccccc1C=N. The van der Waals surface area contributed by atoms with E-state index >= 15 is 0 Å². The van der Waals surface area contributed by atoms with E-state index in [2.05, 4.69) is 11.8 Å². The lowest BCUT2D eigenvalue weighted by atomic mass is 9.97. The van der Waals surface area contributed by atoms with Crippen LogP contribution in [0.4, 0.5) is 0 Å². The van der Waals surface area contributed by atoms with Crippen LogP contribution in [-0.4, -0.2) is 49.9 Å². The van der Waals surface area contributed by atoms with Gasteiger partial charge in [-0.3, -0.25) is 4.79 Å². The molecule has 0 aliphatic carbocycles. The molecule has 5 nitrogen and oxygen atoms in total. The monoisotopic (exact) mass is 272 g/mol. The fraction of sp³-hybridized carbons (Fsp3) is 0.267. The van der Waals surface area contributed by atoms with E-state index in [1.807, 2.05) is 44.1 Å². The van der Waals surface area contributed by atoms with Gasteiger partial charge in [-0.2, -0.15) is 5.10 Å². The van der Waals surface area contributed by atoms with E-state index in [1.54, 1.807) is 13.1 Å². The fourth-order valence-electron chi connectivity index (χ4n) is 1.77. The highest BCUT2D eigenvalue weighted by molar-refractivity contribution is 6.21. The standard InChI is InChI=1S/C15H20N4O/c1-11(18(3)4)14(15(20)19(5)17-2)13-9-7-6-8-12(13)10-16/h6-10,16H,2H2,1,3-5H3/b14-11+,16-10?. The van der Waals surface area contributed by atoms with Crippen molar-refractivity contribution in [2.75, 3.05) is 21.1 Å². The summed E-state index contributed by atoms with van der Waals surface area (Å²) in [5, 5.41) is 12.4. The van der Waals surface area contributed by atoms with Crippen LogP contribution in [0.3, 0.4) is 0 Å². The van der Waals surface area contributed by atoms with Crippen LogP contribution >= 0.6 is 0 Å². The van der Waals surface area contributed by atoms with E-state index in [1.165, 1.54) is 11.2 Å². The van der Waals surface area contributed by atoms with E-state index in [9.17, 15) is 4.79 Å². The molecular weight excluding hydrogens is 252 g/mol. The zero-order chi connectivity index (χ0) is 15.3. The topological polar surface area (TPSA) is 59.8 Å². The van der Waals surface area contributed by atoms with Crippen LogP contribution < -0.4 is 0 Å². The maximum absolute atomic E-state index is 12.5. The number of nitrogens with zero attached hydrogens (tertiary/aromatic N) is 3. The molecular formula is C15H20N4O. The number of benzene rings is 1. The number of carbonyl (C=O) groups excluding carboxylic acids is 1. The number of hydrogen-bond donors (Lipinski definition) is 1. The molecule has 0 saturated heterocycles. The molecule has 1 aromatic rings. The van der Waals surface area contributed by atoms with Crippen molar-refractivity contribution in [3.63, 3.8) is 0 Å². The molecule has 0 aliphatic heterocycles. The molecule has 20 heavy (non-hydrogen) atoms. The lowest BCUT2D eigenvalue weighted by Crippen LogP contribution is -2.25. The van der Waals surface area contributed by atoms with Gasteiger partial charge in [0.05, 0.1) is 5.57 Å². The van der Waals surface area contributed by atoms with Crippen molar-refractivity contribution in [3.8, 4) is 0 Å². The molecule has 0 radical (unpaired) electrons. The smallest absolute Gasteiger partial charge is 0.276 e. The summed E-state index contributed by atoms with van der Waals surface area (Å²) in [6.45, 7) is 5.24. The van der Waals surface area contributed by atoms with Gasteiger partial charge in [-0.25, -0.2) is 5.01 Å². The number of nitrogens with one attached hydrogen (secondary N) is 1. The second-order valence-corrected chi connectivity index (χ2v) is 4.56. The molecule has 0 saturated carbocycles. The van der Waals surface area contributed by atoms with Crippen LogP contribution in [0.2, 0.25) is 0 Å². The van der Waals surface area contributed by atoms with Crippen molar-refractivity contribution >= 4 is 24.4 Å². The lowest BCUT2D eigenvalue weighted by molar-refractivity contribution is -0.123. The molecule has 0 aromatic heterocycles. The molecule has 0 aliphatic rings. The van der Waals surface area contributed by atoms with Crippen molar-refractivity contribution in [2.45, 2.75) is 6.92 Å². The Hall–Kier alpha value is -2.43. The van der Waals surface area contributed by atoms with E-state index in [4.69, 9.17) is 5.41 Å². The van der Waals surface area contributed by atoms with Crippen LogP contribution in [0.5, 0.6) is 0 Å². The lowest BCUT2D eigenvalue weighted by Gasteiger charge is -2.21. The van der Waals surface area contributed by atoms with Crippen molar-refractivity contribution in [1.82, 2.24) is 9.91 Å². The van der Waals surface area contributed by atoms with E-state index in [0.717, 1.165) is 5.70 Å². The molecule has 0 spiro atoms. The predicted octanol–water partition coefficient (Wildman–Crippen LogP) is 2.05. The Labute approximate surface area is 119 Å². The number of rotatable bonds is 5. The molecule has 1 amide bonds. The summed E-state index contributed by atoms with van der Waals surface area (Å²) in [6.07, 6.45) is 1.24. The quantitative estimate of drug-likeness (QED) is 0.506. The Kier molecular flexibility index (Phi) is 5.20. The third kappa shape index (κ3) is 3.12. The zero-order valence-electron chi connectivity index (χ0n) is 12.3. The van der Waals surface area contributed by atoms with Crippen LogP contribution in [-0.2, 0) is 4.79 Å². The molecule has 0 fully saturated rings. The molecule has 0 atom stereocenters. The normalized spacial score (nSPS) is 11.4. The summed E-state index contributed by atoms with van der Waals surface area (Å²) in [4.78, 5) is 14.4. The maximum atomic E-state index is 12.5.